The molecule has 1 aliphatic rings. The molecular weight excluding hydrogens is 389 g/mol. The maximum absolute atomic E-state index is 13.8. The van der Waals surface area contributed by atoms with E-state index in [4.69, 9.17) is 9.47 Å². The van der Waals surface area contributed by atoms with Crippen LogP contribution in [0.15, 0.2) is 42.5 Å². The fraction of sp³-hybridized carbons (Fsp3) is 0.250. The molecule has 21 heavy (non-hydrogen) atoms. The van der Waals surface area contributed by atoms with Crippen LogP contribution in [0.5, 0.6) is 0 Å². The average Bonchev–Trinajstić information content (AvgIpc) is 2.51. The van der Waals surface area contributed by atoms with Crippen LogP contribution < -0.4 is 0 Å². The zero-order chi connectivity index (χ0) is 14.8. The van der Waals surface area contributed by atoms with E-state index in [2.05, 4.69) is 22.6 Å². The Morgan fingerprint density at radius 3 is 2.29 bits per heavy atom. The molecule has 2 nitrogen and oxygen atoms in total. The molecule has 1 aliphatic heterocycles. The zero-order valence-electron chi connectivity index (χ0n) is 11.1. The quantitative estimate of drug-likeness (QED) is 0.545. The van der Waals surface area contributed by atoms with Gasteiger partial charge in [0, 0.05) is 11.1 Å². The molecule has 2 aromatic rings. The molecule has 2 aromatic carbocycles. The molecule has 110 valence electrons. The lowest BCUT2D eigenvalue weighted by molar-refractivity contribution is -0.177. The van der Waals surface area contributed by atoms with Gasteiger partial charge in [-0.1, -0.05) is 59.0 Å². The lowest BCUT2D eigenvalue weighted by Crippen LogP contribution is -2.26. The summed E-state index contributed by atoms with van der Waals surface area (Å²) in [6, 6.07) is 11.3. The van der Waals surface area contributed by atoms with Gasteiger partial charge in [-0.3, -0.25) is 0 Å². The topological polar surface area (TPSA) is 18.5 Å². The van der Waals surface area contributed by atoms with Crippen LogP contribution in [0.2, 0.25) is 0 Å². The zero-order valence-corrected chi connectivity index (χ0v) is 13.2. The molecule has 1 saturated heterocycles. The maximum atomic E-state index is 13.8. The van der Waals surface area contributed by atoms with Crippen molar-refractivity contribution in [2.45, 2.75) is 10.2 Å². The van der Waals surface area contributed by atoms with Gasteiger partial charge in [0.2, 0.25) is 0 Å². The molecular formula is C16H13F2IO2. The van der Waals surface area contributed by atoms with E-state index in [1.165, 1.54) is 6.07 Å². The second kappa shape index (κ2) is 6.37. The first kappa shape index (κ1) is 14.9. The lowest BCUT2D eigenvalue weighted by atomic mass is 10.0. The van der Waals surface area contributed by atoms with Gasteiger partial charge in [0.1, 0.15) is 0 Å². The van der Waals surface area contributed by atoms with Gasteiger partial charge in [0.25, 0.3) is 0 Å². The summed E-state index contributed by atoms with van der Waals surface area (Å²) in [6.07, 6.45) is -0.387. The van der Waals surface area contributed by atoms with Crippen molar-refractivity contribution in [3.05, 3.63) is 59.7 Å². The van der Waals surface area contributed by atoms with Gasteiger partial charge < -0.3 is 9.47 Å². The number of hydrogen-bond acceptors (Lipinski definition) is 2. The number of alkyl halides is 1. The monoisotopic (exact) mass is 402 g/mol. The van der Waals surface area contributed by atoms with E-state index >= 15 is 0 Å². The first-order valence-electron chi connectivity index (χ1n) is 6.57. The Bertz CT molecular complexity index is 623. The second-order valence-corrected chi connectivity index (χ2v) is 6.58. The maximum Gasteiger partial charge on any atom is 0.183 e. The minimum absolute atomic E-state index is 0.249. The number of halogens is 3. The van der Waals surface area contributed by atoms with E-state index in [9.17, 15) is 8.78 Å². The van der Waals surface area contributed by atoms with Gasteiger partial charge in [-0.05, 0) is 11.6 Å². The predicted molar refractivity (Wildman–Crippen MR) is 84.2 cm³/mol. The summed E-state index contributed by atoms with van der Waals surface area (Å²) in [5.74, 6) is -1.67. The summed E-state index contributed by atoms with van der Waals surface area (Å²) in [6.45, 7) is 1.29. The van der Waals surface area contributed by atoms with E-state index in [0.717, 1.165) is 11.6 Å². The van der Waals surface area contributed by atoms with Crippen molar-refractivity contribution in [1.29, 1.82) is 0 Å². The molecule has 0 amide bonds. The summed E-state index contributed by atoms with van der Waals surface area (Å²) in [4.78, 5) is 0. The average molecular weight is 402 g/mol. The Morgan fingerprint density at radius 2 is 1.62 bits per heavy atom. The van der Waals surface area contributed by atoms with Crippen molar-refractivity contribution >= 4 is 22.6 Å². The Labute approximate surface area is 135 Å². The first-order valence-corrected chi connectivity index (χ1v) is 7.81. The molecule has 0 spiro atoms. The normalized spacial score (nSPS) is 22.2. The Balaban J connectivity index is 1.82. The molecule has 5 heteroatoms. The molecule has 0 unspecified atom stereocenters. The SMILES string of the molecule is Fc1cccc(-c2ccc(C3OCC(I)CO3)cc2)c1F. The highest BCUT2D eigenvalue weighted by Gasteiger charge is 2.21. The van der Waals surface area contributed by atoms with E-state index in [1.807, 2.05) is 12.1 Å². The molecule has 0 N–H and O–H groups in total. The third-order valence-corrected chi connectivity index (χ3v) is 4.02. The number of ether oxygens (including phenoxy) is 2. The molecule has 0 atom stereocenters. The van der Waals surface area contributed by atoms with Crippen LogP contribution >= 0.6 is 22.6 Å². The van der Waals surface area contributed by atoms with Crippen molar-refractivity contribution in [1.82, 2.24) is 0 Å². The van der Waals surface area contributed by atoms with Gasteiger partial charge >= 0.3 is 0 Å². The standard InChI is InChI=1S/C16H13F2IO2/c17-14-3-1-2-13(15(14)18)10-4-6-11(7-5-10)16-20-8-12(19)9-21-16/h1-7,12,16H,8-9H2. The van der Waals surface area contributed by atoms with Gasteiger partial charge in [-0.2, -0.15) is 0 Å². The highest BCUT2D eigenvalue weighted by Crippen LogP contribution is 2.29. The summed E-state index contributed by atoms with van der Waals surface area (Å²) >= 11 is 2.28. The van der Waals surface area contributed by atoms with Crippen molar-refractivity contribution in [2.75, 3.05) is 13.2 Å². The summed E-state index contributed by atoms with van der Waals surface area (Å²) in [5, 5.41) is 0. The highest BCUT2D eigenvalue weighted by molar-refractivity contribution is 14.1. The van der Waals surface area contributed by atoms with Gasteiger partial charge in [-0.15, -0.1) is 0 Å². The molecule has 0 aliphatic carbocycles. The summed E-state index contributed by atoms with van der Waals surface area (Å²) in [7, 11) is 0. The Kier molecular flexibility index (Phi) is 4.51. The van der Waals surface area contributed by atoms with Crippen molar-refractivity contribution in [3.63, 3.8) is 0 Å². The minimum Gasteiger partial charge on any atom is -0.347 e. The number of benzene rings is 2. The smallest absolute Gasteiger partial charge is 0.183 e. The third-order valence-electron chi connectivity index (χ3n) is 3.30. The van der Waals surface area contributed by atoms with Crippen LogP contribution in [-0.4, -0.2) is 17.1 Å². The van der Waals surface area contributed by atoms with Crippen LogP contribution in [0.3, 0.4) is 0 Å². The minimum atomic E-state index is -0.844. The highest BCUT2D eigenvalue weighted by atomic mass is 127. The van der Waals surface area contributed by atoms with Gasteiger partial charge in [0.05, 0.1) is 17.1 Å². The van der Waals surface area contributed by atoms with Gasteiger partial charge in [0.15, 0.2) is 17.9 Å². The third kappa shape index (κ3) is 3.25. The van der Waals surface area contributed by atoms with Crippen LogP contribution in [0.25, 0.3) is 11.1 Å². The van der Waals surface area contributed by atoms with Gasteiger partial charge in [-0.25, -0.2) is 8.78 Å². The second-order valence-electron chi connectivity index (χ2n) is 4.82. The molecule has 0 radical (unpaired) electrons. The fourth-order valence-electron chi connectivity index (χ4n) is 2.22. The van der Waals surface area contributed by atoms with Crippen LogP contribution in [0.4, 0.5) is 8.78 Å². The summed E-state index contributed by atoms with van der Waals surface area (Å²) < 4.78 is 38.6. The van der Waals surface area contributed by atoms with Crippen molar-refractivity contribution < 1.29 is 18.3 Å². The van der Waals surface area contributed by atoms with Crippen LogP contribution in [0, 0.1) is 11.6 Å². The van der Waals surface area contributed by atoms with E-state index < -0.39 is 11.6 Å². The fourth-order valence-corrected chi connectivity index (χ4v) is 2.63. The van der Waals surface area contributed by atoms with Crippen molar-refractivity contribution in [3.8, 4) is 11.1 Å². The molecule has 1 fully saturated rings. The number of hydrogen-bond donors (Lipinski definition) is 0. The van der Waals surface area contributed by atoms with E-state index in [1.54, 1.807) is 18.2 Å². The molecule has 0 bridgehead atoms. The van der Waals surface area contributed by atoms with E-state index in [-0.39, 0.29) is 11.9 Å². The summed E-state index contributed by atoms with van der Waals surface area (Å²) in [5.41, 5.74) is 1.75. The molecule has 0 aromatic heterocycles. The van der Waals surface area contributed by atoms with Crippen LogP contribution in [-0.2, 0) is 9.47 Å². The largest absolute Gasteiger partial charge is 0.347 e. The predicted octanol–water partition coefficient (Wildman–Crippen LogP) is 4.48. The Hall–Kier alpha value is -1.05. The van der Waals surface area contributed by atoms with E-state index in [0.29, 0.717) is 22.7 Å². The molecule has 3 rings (SSSR count). The Morgan fingerprint density at radius 1 is 0.952 bits per heavy atom. The number of rotatable bonds is 2. The lowest BCUT2D eigenvalue weighted by Gasteiger charge is -2.26. The van der Waals surface area contributed by atoms with Crippen molar-refractivity contribution in [2.24, 2.45) is 0 Å². The molecule has 1 heterocycles. The van der Waals surface area contributed by atoms with Crippen LogP contribution in [0.1, 0.15) is 11.9 Å². The first-order chi connectivity index (χ1) is 10.1. The molecule has 0 saturated carbocycles.